The number of fused-ring (bicyclic) bond motifs is 1. The van der Waals surface area contributed by atoms with Crippen molar-refractivity contribution in [2.75, 3.05) is 0 Å². The first-order valence-corrected chi connectivity index (χ1v) is 6.67. The van der Waals surface area contributed by atoms with Crippen LogP contribution in [-0.4, -0.2) is 19.7 Å². The van der Waals surface area contributed by atoms with E-state index in [9.17, 15) is 0 Å². The van der Waals surface area contributed by atoms with Gasteiger partial charge in [-0.2, -0.15) is 5.10 Å². The van der Waals surface area contributed by atoms with Crippen molar-refractivity contribution >= 4 is 46.0 Å². The molecule has 2 aromatic heterocycles. The number of aromatic amines is 1. The minimum Gasteiger partial charge on any atom is -0.339 e. The van der Waals surface area contributed by atoms with E-state index in [1.807, 2.05) is 13.8 Å². The molecule has 0 fully saturated rings. The first kappa shape index (κ1) is 12.8. The molecule has 0 radical (unpaired) electrons. The van der Waals surface area contributed by atoms with Crippen LogP contribution in [0.5, 0.6) is 0 Å². The number of hydrogen-bond donors (Lipinski definition) is 1. The van der Waals surface area contributed by atoms with E-state index in [1.165, 1.54) is 0 Å². The van der Waals surface area contributed by atoms with Gasteiger partial charge in [-0.15, -0.1) is 0 Å². The van der Waals surface area contributed by atoms with E-state index in [0.717, 1.165) is 17.0 Å². The van der Waals surface area contributed by atoms with Crippen molar-refractivity contribution in [2.45, 2.75) is 13.8 Å². The lowest BCUT2D eigenvalue weighted by atomic mass is 10.3. The lowest BCUT2D eigenvalue weighted by Crippen LogP contribution is -2.00. The third-order valence-corrected chi connectivity index (χ3v) is 3.60. The summed E-state index contributed by atoms with van der Waals surface area (Å²) >= 11 is 18.4. The van der Waals surface area contributed by atoms with E-state index in [2.05, 4.69) is 15.1 Å². The van der Waals surface area contributed by atoms with Crippen LogP contribution >= 0.6 is 34.8 Å². The number of hydrogen-bond acceptors (Lipinski definition) is 2. The number of aryl methyl sites for hydroxylation is 2. The Bertz CT molecular complexity index is 765. The van der Waals surface area contributed by atoms with Gasteiger partial charge < -0.3 is 4.98 Å². The van der Waals surface area contributed by atoms with Crippen molar-refractivity contribution in [1.82, 2.24) is 19.7 Å². The van der Waals surface area contributed by atoms with Gasteiger partial charge in [-0.3, -0.25) is 0 Å². The van der Waals surface area contributed by atoms with Gasteiger partial charge in [0, 0.05) is 5.02 Å². The van der Waals surface area contributed by atoms with Crippen molar-refractivity contribution in [1.29, 1.82) is 0 Å². The highest BCUT2D eigenvalue weighted by atomic mass is 35.5. The van der Waals surface area contributed by atoms with Gasteiger partial charge >= 0.3 is 0 Å². The highest BCUT2D eigenvalue weighted by molar-refractivity contribution is 6.40. The molecule has 1 aromatic carbocycles. The molecule has 0 bridgehead atoms. The molecule has 0 saturated heterocycles. The predicted octanol–water partition coefficient (Wildman–Crippen LogP) is 4.33. The van der Waals surface area contributed by atoms with E-state index in [0.29, 0.717) is 26.4 Å². The third kappa shape index (κ3) is 2.00. The van der Waals surface area contributed by atoms with E-state index in [-0.39, 0.29) is 0 Å². The van der Waals surface area contributed by atoms with Gasteiger partial charge in [0.25, 0.3) is 0 Å². The second-order valence-electron chi connectivity index (χ2n) is 4.24. The van der Waals surface area contributed by atoms with Gasteiger partial charge in [-0.25, -0.2) is 9.67 Å². The topological polar surface area (TPSA) is 46.5 Å². The fourth-order valence-electron chi connectivity index (χ4n) is 2.03. The number of benzene rings is 1. The maximum Gasteiger partial charge on any atom is 0.181 e. The summed E-state index contributed by atoms with van der Waals surface area (Å²) in [5.41, 5.74) is 2.98. The van der Waals surface area contributed by atoms with Crippen LogP contribution in [0.1, 0.15) is 11.5 Å². The highest BCUT2D eigenvalue weighted by Crippen LogP contribution is 2.33. The summed E-state index contributed by atoms with van der Waals surface area (Å²) in [5.74, 6) is 0.811. The summed E-state index contributed by atoms with van der Waals surface area (Å²) in [6.45, 7) is 3.78. The number of aromatic nitrogens is 4. The normalized spacial score (nSPS) is 11.4. The maximum atomic E-state index is 6.22. The van der Waals surface area contributed by atoms with Crippen LogP contribution in [0, 0.1) is 13.8 Å². The van der Waals surface area contributed by atoms with Crippen LogP contribution in [0.3, 0.4) is 0 Å². The van der Waals surface area contributed by atoms with Crippen LogP contribution in [0.4, 0.5) is 0 Å². The van der Waals surface area contributed by atoms with Gasteiger partial charge in [-0.05, 0) is 26.0 Å². The Kier molecular flexibility index (Phi) is 2.96. The molecule has 19 heavy (non-hydrogen) atoms. The van der Waals surface area contributed by atoms with Crippen LogP contribution in [-0.2, 0) is 0 Å². The Labute approximate surface area is 124 Å². The summed E-state index contributed by atoms with van der Waals surface area (Å²) in [6.07, 6.45) is 0. The van der Waals surface area contributed by atoms with E-state index >= 15 is 0 Å². The number of H-pyrrole nitrogens is 1. The molecule has 0 aliphatic carbocycles. The molecule has 3 aromatic rings. The summed E-state index contributed by atoms with van der Waals surface area (Å²) in [7, 11) is 0. The summed E-state index contributed by atoms with van der Waals surface area (Å²) in [5, 5.41) is 5.77. The van der Waals surface area contributed by atoms with E-state index < -0.39 is 0 Å². The zero-order valence-corrected chi connectivity index (χ0v) is 12.4. The second-order valence-corrected chi connectivity index (χ2v) is 5.49. The molecule has 0 aliphatic heterocycles. The first-order chi connectivity index (χ1) is 8.97. The molecule has 0 aliphatic rings. The molecule has 2 heterocycles. The van der Waals surface area contributed by atoms with Crippen molar-refractivity contribution in [3.05, 3.63) is 38.7 Å². The van der Waals surface area contributed by atoms with E-state index in [1.54, 1.807) is 16.8 Å². The minimum absolute atomic E-state index is 0.433. The van der Waals surface area contributed by atoms with Gasteiger partial charge in [0.2, 0.25) is 0 Å². The molecule has 4 nitrogen and oxygen atoms in total. The molecular formula is C12H9Cl3N4. The molecule has 0 spiro atoms. The highest BCUT2D eigenvalue weighted by Gasteiger charge is 2.18. The number of nitrogens with one attached hydrogen (secondary N) is 1. The maximum absolute atomic E-state index is 6.22. The fraction of sp³-hybridized carbons (Fsp3) is 0.167. The molecule has 1 N–H and O–H groups in total. The molecule has 0 atom stereocenters. The van der Waals surface area contributed by atoms with Gasteiger partial charge in [0.15, 0.2) is 5.65 Å². The average molecular weight is 316 g/mol. The van der Waals surface area contributed by atoms with Gasteiger partial charge in [0.1, 0.15) is 17.0 Å². The Hall–Kier alpha value is -1.23. The largest absolute Gasteiger partial charge is 0.339 e. The number of nitrogens with zero attached hydrogens (tertiary/aromatic N) is 3. The molecule has 0 saturated carbocycles. The molecule has 0 unspecified atom stereocenters. The number of halogens is 3. The van der Waals surface area contributed by atoms with Crippen molar-refractivity contribution < 1.29 is 0 Å². The molecule has 7 heteroatoms. The Balaban J connectivity index is 2.36. The fourth-order valence-corrected chi connectivity index (χ4v) is 3.00. The SMILES string of the molecule is Cc1nc2c([nH]1)c(C)nn2-c1c(Cl)cc(Cl)cc1Cl. The monoisotopic (exact) mass is 314 g/mol. The lowest BCUT2D eigenvalue weighted by Gasteiger charge is -2.07. The summed E-state index contributed by atoms with van der Waals surface area (Å²) in [6, 6.07) is 3.26. The molecule has 98 valence electrons. The second kappa shape index (κ2) is 4.40. The van der Waals surface area contributed by atoms with Crippen LogP contribution < -0.4 is 0 Å². The summed E-state index contributed by atoms with van der Waals surface area (Å²) < 4.78 is 1.63. The smallest absolute Gasteiger partial charge is 0.181 e. The molecule has 0 amide bonds. The van der Waals surface area contributed by atoms with Crippen molar-refractivity contribution in [3.8, 4) is 5.69 Å². The zero-order valence-electron chi connectivity index (χ0n) is 10.1. The third-order valence-electron chi connectivity index (χ3n) is 2.81. The van der Waals surface area contributed by atoms with Crippen LogP contribution in [0.2, 0.25) is 15.1 Å². The summed E-state index contributed by atoms with van der Waals surface area (Å²) in [4.78, 5) is 7.57. The van der Waals surface area contributed by atoms with Gasteiger partial charge in [-0.1, -0.05) is 34.8 Å². The van der Waals surface area contributed by atoms with Gasteiger partial charge in [0.05, 0.1) is 15.7 Å². The van der Waals surface area contributed by atoms with Crippen LogP contribution in [0.25, 0.3) is 16.9 Å². The van der Waals surface area contributed by atoms with Crippen molar-refractivity contribution in [3.63, 3.8) is 0 Å². The standard InChI is InChI=1S/C12H9Cl3N4/c1-5-10-12(17-6(2)16-10)19(18-5)11-8(14)3-7(13)4-9(11)15/h3-4H,1-2H3,(H,16,17). The van der Waals surface area contributed by atoms with E-state index in [4.69, 9.17) is 34.8 Å². The Morgan fingerprint density at radius 1 is 1.11 bits per heavy atom. The number of imidazole rings is 1. The molecular weight excluding hydrogens is 307 g/mol. The zero-order chi connectivity index (χ0) is 13.7. The van der Waals surface area contributed by atoms with Crippen LogP contribution in [0.15, 0.2) is 12.1 Å². The molecule has 3 rings (SSSR count). The minimum atomic E-state index is 0.433. The Morgan fingerprint density at radius 2 is 1.74 bits per heavy atom. The quantitative estimate of drug-likeness (QED) is 0.726. The Morgan fingerprint density at radius 3 is 2.37 bits per heavy atom. The first-order valence-electron chi connectivity index (χ1n) is 5.54. The lowest BCUT2D eigenvalue weighted by molar-refractivity contribution is 0.872. The van der Waals surface area contributed by atoms with Crippen molar-refractivity contribution in [2.24, 2.45) is 0 Å². The average Bonchev–Trinajstić information content (AvgIpc) is 2.79. The number of rotatable bonds is 1. The predicted molar refractivity (Wildman–Crippen MR) is 77.7 cm³/mol.